The van der Waals surface area contributed by atoms with Gasteiger partial charge in [0.1, 0.15) is 0 Å². The minimum atomic E-state index is -1.39. The molecule has 0 saturated heterocycles. The number of ether oxygens (including phenoxy) is 4. The van der Waals surface area contributed by atoms with Gasteiger partial charge in [-0.05, 0) is 19.3 Å². The van der Waals surface area contributed by atoms with Gasteiger partial charge in [0.2, 0.25) is 13.6 Å². The second-order valence-corrected chi connectivity index (χ2v) is 4.77. The van der Waals surface area contributed by atoms with Crippen molar-refractivity contribution >= 4 is 23.9 Å². The van der Waals surface area contributed by atoms with Crippen LogP contribution < -0.4 is 0 Å². The van der Waals surface area contributed by atoms with Crippen LogP contribution in [0.1, 0.15) is 46.0 Å². The molecule has 0 aromatic carbocycles. The summed E-state index contributed by atoms with van der Waals surface area (Å²) in [5.41, 5.74) is -1.39. The maximum Gasteiger partial charge on any atom is 0.326 e. The number of rotatable bonds is 8. The summed E-state index contributed by atoms with van der Waals surface area (Å²) in [6, 6.07) is 0. The van der Waals surface area contributed by atoms with Crippen LogP contribution in [-0.4, -0.2) is 37.5 Å². The first-order valence-electron chi connectivity index (χ1n) is 7.12. The third-order valence-electron chi connectivity index (χ3n) is 3.39. The molecule has 0 N–H and O–H groups in total. The van der Waals surface area contributed by atoms with Crippen molar-refractivity contribution in [1.29, 1.82) is 0 Å². The van der Waals surface area contributed by atoms with Crippen LogP contribution in [0.25, 0.3) is 0 Å². The van der Waals surface area contributed by atoms with Crippen LogP contribution in [0.3, 0.4) is 0 Å². The van der Waals surface area contributed by atoms with Crippen molar-refractivity contribution in [3.63, 3.8) is 0 Å². The topological polar surface area (TPSA) is 105 Å². The van der Waals surface area contributed by atoms with E-state index in [-0.39, 0.29) is 25.7 Å². The highest BCUT2D eigenvalue weighted by Crippen LogP contribution is 2.43. The van der Waals surface area contributed by atoms with Crippen LogP contribution >= 0.6 is 0 Å². The zero-order chi connectivity index (χ0) is 16.6. The molecule has 0 aromatic rings. The van der Waals surface area contributed by atoms with E-state index in [4.69, 9.17) is 9.47 Å². The smallest absolute Gasteiger partial charge is 0.326 e. The maximum atomic E-state index is 12.0. The summed E-state index contributed by atoms with van der Waals surface area (Å²) in [5.74, 6) is -2.61. The van der Waals surface area contributed by atoms with Gasteiger partial charge >= 0.3 is 23.9 Å². The molecular weight excluding hydrogens is 296 g/mol. The van der Waals surface area contributed by atoms with Crippen molar-refractivity contribution < 1.29 is 38.1 Å². The van der Waals surface area contributed by atoms with Crippen LogP contribution in [0.5, 0.6) is 0 Å². The lowest BCUT2D eigenvalue weighted by atomic mass is 9.69. The van der Waals surface area contributed by atoms with Crippen LogP contribution in [-0.2, 0) is 38.1 Å². The molecule has 8 heteroatoms. The minimum absolute atomic E-state index is 0.160. The molecule has 124 valence electrons. The van der Waals surface area contributed by atoms with E-state index in [9.17, 15) is 19.2 Å². The Bertz CT molecular complexity index is 402. The molecule has 0 spiro atoms. The lowest BCUT2D eigenvalue weighted by molar-refractivity contribution is -0.193. The minimum Gasteiger partial charge on any atom is -0.428 e. The van der Waals surface area contributed by atoms with E-state index in [0.29, 0.717) is 6.42 Å². The Hall–Kier alpha value is -2.12. The third kappa shape index (κ3) is 4.44. The molecule has 1 rings (SSSR count). The lowest BCUT2D eigenvalue weighted by Crippen LogP contribution is -2.47. The van der Waals surface area contributed by atoms with Crippen molar-refractivity contribution in [1.82, 2.24) is 0 Å². The second kappa shape index (κ2) is 8.35. The lowest BCUT2D eigenvalue weighted by Gasteiger charge is -2.36. The molecule has 0 aromatic heterocycles. The van der Waals surface area contributed by atoms with Crippen molar-refractivity contribution in [3.8, 4) is 0 Å². The van der Waals surface area contributed by atoms with Gasteiger partial charge in [-0.3, -0.25) is 19.2 Å². The van der Waals surface area contributed by atoms with Crippen molar-refractivity contribution in [2.75, 3.05) is 13.6 Å². The van der Waals surface area contributed by atoms with Crippen molar-refractivity contribution in [3.05, 3.63) is 0 Å². The van der Waals surface area contributed by atoms with Gasteiger partial charge in [-0.25, -0.2) is 0 Å². The molecule has 1 fully saturated rings. The van der Waals surface area contributed by atoms with Crippen LogP contribution in [0, 0.1) is 5.41 Å². The third-order valence-corrected chi connectivity index (χ3v) is 3.39. The fourth-order valence-electron chi connectivity index (χ4n) is 1.80. The summed E-state index contributed by atoms with van der Waals surface area (Å²) in [4.78, 5) is 45.9. The van der Waals surface area contributed by atoms with Crippen LogP contribution in [0.2, 0.25) is 0 Å². The van der Waals surface area contributed by atoms with Gasteiger partial charge in [0.15, 0.2) is 5.41 Å². The standard InChI is InChI=1S/C14H20O8/c1-3-10(15)19-8-21-12(17)14(6-5-7-14)13(18)22-9-20-11(16)4-2/h3-9H2,1-2H3. The first-order valence-corrected chi connectivity index (χ1v) is 7.12. The predicted molar refractivity (Wildman–Crippen MR) is 71.0 cm³/mol. The summed E-state index contributed by atoms with van der Waals surface area (Å²) in [6.07, 6.45) is 1.57. The van der Waals surface area contributed by atoms with E-state index < -0.39 is 42.9 Å². The van der Waals surface area contributed by atoms with Gasteiger partial charge in [0.25, 0.3) is 0 Å². The Morgan fingerprint density at radius 1 is 0.773 bits per heavy atom. The Kier molecular flexibility index (Phi) is 6.81. The molecule has 0 unspecified atom stereocenters. The van der Waals surface area contributed by atoms with E-state index in [1.165, 1.54) is 0 Å². The van der Waals surface area contributed by atoms with E-state index in [1.807, 2.05) is 0 Å². The zero-order valence-corrected chi connectivity index (χ0v) is 12.7. The Morgan fingerprint density at radius 3 is 1.45 bits per heavy atom. The van der Waals surface area contributed by atoms with Gasteiger partial charge in [0.05, 0.1) is 0 Å². The van der Waals surface area contributed by atoms with Crippen LogP contribution in [0.4, 0.5) is 0 Å². The Labute approximate surface area is 128 Å². The van der Waals surface area contributed by atoms with E-state index >= 15 is 0 Å². The van der Waals surface area contributed by atoms with E-state index in [2.05, 4.69) is 9.47 Å². The number of hydrogen-bond acceptors (Lipinski definition) is 8. The molecule has 1 aliphatic rings. The van der Waals surface area contributed by atoms with Crippen LogP contribution in [0.15, 0.2) is 0 Å². The highest BCUT2D eigenvalue weighted by molar-refractivity contribution is 6.01. The summed E-state index contributed by atoms with van der Waals surface area (Å²) < 4.78 is 18.9. The first kappa shape index (κ1) is 17.9. The number of esters is 4. The fraction of sp³-hybridized carbons (Fsp3) is 0.714. The SMILES string of the molecule is CCC(=O)OCOC(=O)C1(C(=O)OCOC(=O)CC)CCC1. The molecular formula is C14H20O8. The average molecular weight is 316 g/mol. The molecule has 0 bridgehead atoms. The van der Waals surface area contributed by atoms with Gasteiger partial charge in [-0.15, -0.1) is 0 Å². The highest BCUT2D eigenvalue weighted by atomic mass is 16.7. The average Bonchev–Trinajstić information content (AvgIpc) is 2.45. The summed E-state index contributed by atoms with van der Waals surface area (Å²) in [7, 11) is 0. The maximum absolute atomic E-state index is 12.0. The fourth-order valence-corrected chi connectivity index (χ4v) is 1.80. The normalized spacial score (nSPS) is 15.2. The number of carbonyl (C=O) groups excluding carboxylic acids is 4. The van der Waals surface area contributed by atoms with Gasteiger partial charge in [-0.1, -0.05) is 13.8 Å². The monoisotopic (exact) mass is 316 g/mol. The number of hydrogen-bond donors (Lipinski definition) is 0. The quantitative estimate of drug-likeness (QED) is 0.372. The number of carbonyl (C=O) groups is 4. The molecule has 1 saturated carbocycles. The van der Waals surface area contributed by atoms with Crippen molar-refractivity contribution in [2.24, 2.45) is 5.41 Å². The molecule has 0 heterocycles. The Balaban J connectivity index is 2.45. The van der Waals surface area contributed by atoms with E-state index in [0.717, 1.165) is 0 Å². The second-order valence-electron chi connectivity index (χ2n) is 4.77. The van der Waals surface area contributed by atoms with Crippen molar-refractivity contribution in [2.45, 2.75) is 46.0 Å². The zero-order valence-electron chi connectivity index (χ0n) is 12.7. The van der Waals surface area contributed by atoms with Gasteiger partial charge in [0, 0.05) is 12.8 Å². The molecule has 0 atom stereocenters. The summed E-state index contributed by atoms with van der Waals surface area (Å²) in [5, 5.41) is 0. The molecule has 0 amide bonds. The summed E-state index contributed by atoms with van der Waals surface area (Å²) >= 11 is 0. The molecule has 1 aliphatic carbocycles. The molecule has 8 nitrogen and oxygen atoms in total. The highest BCUT2D eigenvalue weighted by Gasteiger charge is 2.54. The first-order chi connectivity index (χ1) is 10.5. The molecule has 0 aliphatic heterocycles. The Morgan fingerprint density at radius 2 is 1.18 bits per heavy atom. The van der Waals surface area contributed by atoms with E-state index in [1.54, 1.807) is 13.8 Å². The largest absolute Gasteiger partial charge is 0.428 e. The summed E-state index contributed by atoms with van der Waals surface area (Å²) in [6.45, 7) is 2.13. The molecule has 22 heavy (non-hydrogen) atoms. The van der Waals surface area contributed by atoms with Gasteiger partial charge < -0.3 is 18.9 Å². The van der Waals surface area contributed by atoms with Gasteiger partial charge in [-0.2, -0.15) is 0 Å². The molecule has 0 radical (unpaired) electrons. The predicted octanol–water partition coefficient (Wildman–Crippen LogP) is 1.06.